The van der Waals surface area contributed by atoms with Gasteiger partial charge in [0, 0.05) is 22.9 Å². The maximum Gasteiger partial charge on any atom is 0.241 e. The van der Waals surface area contributed by atoms with Crippen molar-refractivity contribution in [1.82, 2.24) is 4.90 Å². The number of fused-ring (bicyclic) bond motifs is 1. The van der Waals surface area contributed by atoms with Crippen molar-refractivity contribution in [2.24, 2.45) is 11.1 Å². The number of aliphatic hydroxyl groups excluding tert-OH is 1. The number of hydrogen-bond donors (Lipinski definition) is 2. The lowest BCUT2D eigenvalue weighted by atomic mass is 9.53. The molecule has 1 fully saturated rings. The maximum absolute atomic E-state index is 11.0. The molecule has 0 amide bonds. The van der Waals surface area contributed by atoms with E-state index in [1.165, 1.54) is 17.2 Å². The lowest BCUT2D eigenvalue weighted by Gasteiger charge is -2.56. The van der Waals surface area contributed by atoms with Gasteiger partial charge in [0.1, 0.15) is 17.1 Å². The Morgan fingerprint density at radius 3 is 2.81 bits per heavy atom. The largest absolute Gasteiger partial charge is 0.490 e. The van der Waals surface area contributed by atoms with Gasteiger partial charge in [0.05, 0.1) is 6.61 Å². The molecule has 2 aromatic carbocycles. The van der Waals surface area contributed by atoms with E-state index in [1.54, 1.807) is 12.1 Å². The number of piperidine rings is 1. The van der Waals surface area contributed by atoms with E-state index in [-0.39, 0.29) is 29.0 Å². The highest BCUT2D eigenvalue weighted by molar-refractivity contribution is 7.89. The van der Waals surface area contributed by atoms with E-state index in [0.717, 1.165) is 30.9 Å². The van der Waals surface area contributed by atoms with Crippen molar-refractivity contribution in [2.45, 2.75) is 48.3 Å². The first kappa shape index (κ1) is 23.6. The van der Waals surface area contributed by atoms with Gasteiger partial charge in [0.2, 0.25) is 16.8 Å². The molecule has 5 atom stereocenters. The number of likely N-dealkylation sites (N-methyl/N-ethyl adjacent to an activating group) is 1. The van der Waals surface area contributed by atoms with E-state index in [0.29, 0.717) is 24.3 Å². The summed E-state index contributed by atoms with van der Waals surface area (Å²) in [4.78, 5) is 2.44. The number of primary sulfonamides is 1. The van der Waals surface area contributed by atoms with E-state index in [4.69, 9.17) is 24.1 Å². The molecule has 0 saturated carbocycles. The predicted molar refractivity (Wildman–Crippen MR) is 131 cm³/mol. The molecule has 0 aromatic heterocycles. The van der Waals surface area contributed by atoms with Gasteiger partial charge in [0.15, 0.2) is 23.0 Å². The van der Waals surface area contributed by atoms with Gasteiger partial charge in [0.25, 0.3) is 0 Å². The molecular formula is C26H30N2O7S. The number of nitrogens with two attached hydrogens (primary N) is 1. The van der Waals surface area contributed by atoms with Crippen LogP contribution >= 0.6 is 0 Å². The zero-order valence-corrected chi connectivity index (χ0v) is 21.0. The second kappa shape index (κ2) is 8.37. The fraction of sp³-hybridized carbons (Fsp3) is 0.462. The third-order valence-electron chi connectivity index (χ3n) is 8.10. The third kappa shape index (κ3) is 3.35. The molecule has 7 rings (SSSR count). The van der Waals surface area contributed by atoms with Crippen molar-refractivity contribution in [3.05, 3.63) is 53.6 Å². The Morgan fingerprint density at radius 1 is 1.19 bits per heavy atom. The molecule has 2 bridgehead atoms. The molecular weight excluding hydrogens is 484 g/mol. The Bertz CT molecular complexity index is 1340. The molecule has 192 valence electrons. The van der Waals surface area contributed by atoms with Gasteiger partial charge in [-0.2, -0.15) is 0 Å². The number of sulfonamides is 1. The van der Waals surface area contributed by atoms with Crippen LogP contribution in [0.25, 0.3) is 0 Å². The van der Waals surface area contributed by atoms with E-state index < -0.39 is 16.1 Å². The molecule has 36 heavy (non-hydrogen) atoms. The van der Waals surface area contributed by atoms with Crippen molar-refractivity contribution in [3.8, 4) is 23.0 Å². The molecule has 3 heterocycles. The smallest absolute Gasteiger partial charge is 0.241 e. The van der Waals surface area contributed by atoms with Crippen LogP contribution in [-0.2, 0) is 21.9 Å². The van der Waals surface area contributed by atoms with Crippen molar-refractivity contribution in [2.75, 3.05) is 27.0 Å². The van der Waals surface area contributed by atoms with Gasteiger partial charge in [-0.15, -0.1) is 0 Å². The predicted octanol–water partition coefficient (Wildman–Crippen LogP) is 1.95. The number of para-hydroxylation sites is 1. The minimum atomic E-state index is -3.73. The molecule has 3 N–H and O–H groups in total. The molecule has 3 aliphatic heterocycles. The summed E-state index contributed by atoms with van der Waals surface area (Å²) in [5, 5.41) is 15.6. The first-order valence-electron chi connectivity index (χ1n) is 12.2. The topological polar surface area (TPSA) is 121 Å². The number of aliphatic hydroxyl groups is 1. The summed E-state index contributed by atoms with van der Waals surface area (Å²) in [5.74, 6) is 2.75. The molecule has 9 nitrogen and oxygen atoms in total. The van der Waals surface area contributed by atoms with Crippen molar-refractivity contribution < 1.29 is 32.5 Å². The fourth-order valence-electron chi connectivity index (χ4n) is 6.62. The number of ether oxygens (including phenoxy) is 4. The first-order valence-corrected chi connectivity index (χ1v) is 13.7. The Morgan fingerprint density at radius 2 is 2.03 bits per heavy atom. The van der Waals surface area contributed by atoms with Crippen molar-refractivity contribution in [1.29, 1.82) is 0 Å². The van der Waals surface area contributed by atoms with Crippen molar-refractivity contribution >= 4 is 10.0 Å². The summed E-state index contributed by atoms with van der Waals surface area (Å²) in [6.45, 7) is 3.71. The Kier molecular flexibility index (Phi) is 5.49. The number of hydrogen-bond acceptors (Lipinski definition) is 8. The van der Waals surface area contributed by atoms with E-state index in [2.05, 4.69) is 24.1 Å². The quantitative estimate of drug-likeness (QED) is 0.597. The van der Waals surface area contributed by atoms with Crippen LogP contribution in [0.2, 0.25) is 0 Å². The summed E-state index contributed by atoms with van der Waals surface area (Å²) in [6, 6.07) is 9.30. The fourth-order valence-corrected chi connectivity index (χ4v) is 7.31. The standard InChI is InChI=1S/C19H23NO3.C7H7NO4S/c1-3-22-15-7-4-11-10-13-12-5-6-14(21)18-19(12,8-9-20(13)2)16(11)17(15)23-18;8-13(9,10)6-3-1-2-5-7(6)12-4-11-5/h4-7,12-14,18,21H,3,8-10H2,1-2H3;1-3H,4H2,(H2,8,9,10)/t12-,13+,14-,18-,19-;/m0./s1. The summed E-state index contributed by atoms with van der Waals surface area (Å²) in [5.41, 5.74) is 2.62. The number of benzene rings is 2. The van der Waals surface area contributed by atoms with Gasteiger partial charge in [-0.1, -0.05) is 24.3 Å². The van der Waals surface area contributed by atoms with E-state index in [1.807, 2.05) is 19.1 Å². The van der Waals surface area contributed by atoms with Crippen molar-refractivity contribution in [3.63, 3.8) is 0 Å². The zero-order valence-electron chi connectivity index (χ0n) is 20.2. The Balaban J connectivity index is 0.000000157. The summed E-state index contributed by atoms with van der Waals surface area (Å²) < 4.78 is 44.2. The van der Waals surface area contributed by atoms with Gasteiger partial charge in [-0.3, -0.25) is 0 Å². The second-order valence-corrected chi connectivity index (χ2v) is 11.4. The van der Waals surface area contributed by atoms with Crippen LogP contribution in [0.3, 0.4) is 0 Å². The van der Waals surface area contributed by atoms with Crippen LogP contribution in [0.4, 0.5) is 0 Å². The van der Waals surface area contributed by atoms with E-state index in [9.17, 15) is 13.5 Å². The highest BCUT2D eigenvalue weighted by Crippen LogP contribution is 2.62. The molecule has 1 spiro atoms. The van der Waals surface area contributed by atoms with Crippen LogP contribution in [-0.4, -0.2) is 63.7 Å². The summed E-state index contributed by atoms with van der Waals surface area (Å²) in [7, 11) is -1.51. The molecule has 1 saturated heterocycles. The lowest BCUT2D eigenvalue weighted by molar-refractivity contribution is -0.0453. The average Bonchev–Trinajstić information content (AvgIpc) is 3.46. The highest BCUT2D eigenvalue weighted by Gasteiger charge is 2.64. The van der Waals surface area contributed by atoms with Crippen LogP contribution in [0.15, 0.2) is 47.4 Å². The molecule has 0 unspecified atom stereocenters. The monoisotopic (exact) mass is 514 g/mol. The molecule has 0 radical (unpaired) electrons. The molecule has 2 aromatic rings. The van der Waals surface area contributed by atoms with Crippen LogP contribution in [0.5, 0.6) is 23.0 Å². The number of nitrogens with zero attached hydrogens (tertiary/aromatic N) is 1. The maximum atomic E-state index is 11.0. The number of rotatable bonds is 3. The lowest BCUT2D eigenvalue weighted by Crippen LogP contribution is -2.64. The molecule has 5 aliphatic rings. The minimum Gasteiger partial charge on any atom is -0.490 e. The Hall–Kier alpha value is -2.79. The normalized spacial score (nSPS) is 30.7. The first-order chi connectivity index (χ1) is 17.3. The second-order valence-electron chi connectivity index (χ2n) is 9.88. The van der Waals surface area contributed by atoms with Gasteiger partial charge in [-0.05, 0) is 57.1 Å². The van der Waals surface area contributed by atoms with E-state index >= 15 is 0 Å². The van der Waals surface area contributed by atoms with Gasteiger partial charge < -0.3 is 29.0 Å². The summed E-state index contributed by atoms with van der Waals surface area (Å²) in [6.07, 6.45) is 5.56. The Labute approximate surface area is 210 Å². The number of likely N-dealkylation sites (tertiary alicyclic amines) is 1. The van der Waals surface area contributed by atoms with Crippen LogP contribution in [0, 0.1) is 5.92 Å². The molecule has 2 aliphatic carbocycles. The third-order valence-corrected chi connectivity index (χ3v) is 9.04. The molecule has 10 heteroatoms. The van der Waals surface area contributed by atoms with Crippen LogP contribution < -0.4 is 24.1 Å². The average molecular weight is 515 g/mol. The minimum absolute atomic E-state index is 0.0296. The van der Waals surface area contributed by atoms with Gasteiger partial charge in [-0.25, -0.2) is 13.6 Å². The zero-order chi connectivity index (χ0) is 25.2. The van der Waals surface area contributed by atoms with Crippen LogP contribution in [0.1, 0.15) is 24.5 Å². The summed E-state index contributed by atoms with van der Waals surface area (Å²) >= 11 is 0. The van der Waals surface area contributed by atoms with Gasteiger partial charge >= 0.3 is 0 Å². The highest BCUT2D eigenvalue weighted by atomic mass is 32.2. The SMILES string of the molecule is CCOc1ccc2c3c1O[C@H]1[C@@H](O)C=C[C@H]4[C@@H](C2)N(C)CC[C@@]341.NS(=O)(=O)c1cccc2c1OCO2.